The van der Waals surface area contributed by atoms with Gasteiger partial charge in [0.2, 0.25) is 5.91 Å². The van der Waals surface area contributed by atoms with Crippen LogP contribution >= 0.6 is 12.2 Å². The van der Waals surface area contributed by atoms with Crippen molar-refractivity contribution in [1.82, 2.24) is 15.5 Å². The fourth-order valence-electron chi connectivity index (χ4n) is 3.19. The van der Waals surface area contributed by atoms with Crippen LogP contribution in [0, 0.1) is 17.7 Å². The van der Waals surface area contributed by atoms with Crippen LogP contribution in [0.2, 0.25) is 0 Å². The number of benzene rings is 1. The van der Waals surface area contributed by atoms with Gasteiger partial charge in [-0.3, -0.25) is 4.79 Å². The summed E-state index contributed by atoms with van der Waals surface area (Å²) in [4.78, 5) is 14.7. The molecule has 1 amide bonds. The molecular weight excluding hydrogens is 337 g/mol. The first-order valence-electron chi connectivity index (χ1n) is 8.98. The van der Waals surface area contributed by atoms with Gasteiger partial charge < -0.3 is 15.5 Å². The molecular formula is C19H28FN3OS. The molecule has 138 valence electrons. The average molecular weight is 366 g/mol. The van der Waals surface area contributed by atoms with Crippen molar-refractivity contribution in [2.75, 3.05) is 26.2 Å². The Morgan fingerprint density at radius 3 is 2.76 bits per heavy atom. The molecule has 1 aliphatic rings. The molecule has 1 saturated heterocycles. The van der Waals surface area contributed by atoms with Gasteiger partial charge >= 0.3 is 0 Å². The van der Waals surface area contributed by atoms with Crippen molar-refractivity contribution in [1.29, 1.82) is 0 Å². The second kappa shape index (κ2) is 9.13. The minimum Gasteiger partial charge on any atom is -0.363 e. The van der Waals surface area contributed by atoms with Crippen LogP contribution in [0.3, 0.4) is 0 Å². The predicted molar refractivity (Wildman–Crippen MR) is 103 cm³/mol. The van der Waals surface area contributed by atoms with Crippen molar-refractivity contribution in [2.24, 2.45) is 11.8 Å². The Balaban J connectivity index is 2.14. The lowest BCUT2D eigenvalue weighted by Gasteiger charge is -2.19. The predicted octanol–water partition coefficient (Wildman–Crippen LogP) is 2.90. The lowest BCUT2D eigenvalue weighted by atomic mass is 9.88. The fourth-order valence-corrected chi connectivity index (χ4v) is 3.48. The summed E-state index contributed by atoms with van der Waals surface area (Å²) in [5.41, 5.74) is 0.853. The summed E-state index contributed by atoms with van der Waals surface area (Å²) in [6.07, 6.45) is 0.947. The number of carbonyl (C=O) groups is 1. The number of rotatable bonds is 6. The quantitative estimate of drug-likeness (QED) is 0.761. The van der Waals surface area contributed by atoms with E-state index in [4.69, 9.17) is 12.2 Å². The number of nitrogens with zero attached hydrogens (tertiary/aromatic N) is 1. The molecule has 2 unspecified atom stereocenters. The highest BCUT2D eigenvalue weighted by Crippen LogP contribution is 2.33. The lowest BCUT2D eigenvalue weighted by Crippen LogP contribution is -2.40. The Hall–Kier alpha value is -1.69. The minimum absolute atomic E-state index is 0.0247. The third kappa shape index (κ3) is 5.39. The molecule has 1 aromatic rings. The van der Waals surface area contributed by atoms with Gasteiger partial charge in [-0.2, -0.15) is 0 Å². The fraction of sp³-hybridized carbons (Fsp3) is 0.579. The first-order chi connectivity index (χ1) is 11.9. The summed E-state index contributed by atoms with van der Waals surface area (Å²) in [7, 11) is 0. The Labute approximate surface area is 155 Å². The van der Waals surface area contributed by atoms with E-state index in [0.29, 0.717) is 30.7 Å². The molecule has 2 atom stereocenters. The maximum atomic E-state index is 13.7. The van der Waals surface area contributed by atoms with E-state index in [1.807, 2.05) is 17.9 Å². The number of hydrogen-bond donors (Lipinski definition) is 2. The van der Waals surface area contributed by atoms with E-state index in [-0.39, 0.29) is 23.6 Å². The normalized spacial score (nSPS) is 20.0. The average Bonchev–Trinajstić information content (AvgIpc) is 3.00. The first kappa shape index (κ1) is 19.6. The van der Waals surface area contributed by atoms with Crippen LogP contribution in [0.4, 0.5) is 4.39 Å². The highest BCUT2D eigenvalue weighted by atomic mass is 32.1. The van der Waals surface area contributed by atoms with E-state index in [1.54, 1.807) is 6.07 Å². The van der Waals surface area contributed by atoms with Gasteiger partial charge in [-0.05, 0) is 49.2 Å². The molecule has 0 aliphatic carbocycles. The number of hydrogen-bond acceptors (Lipinski definition) is 2. The maximum Gasteiger partial charge on any atom is 0.225 e. The van der Waals surface area contributed by atoms with E-state index in [2.05, 4.69) is 24.5 Å². The summed E-state index contributed by atoms with van der Waals surface area (Å²) in [6.45, 7) is 8.84. The van der Waals surface area contributed by atoms with Gasteiger partial charge in [0.1, 0.15) is 5.82 Å². The van der Waals surface area contributed by atoms with Gasteiger partial charge in [-0.1, -0.05) is 26.0 Å². The smallest absolute Gasteiger partial charge is 0.225 e. The zero-order chi connectivity index (χ0) is 18.4. The van der Waals surface area contributed by atoms with Gasteiger partial charge in [0.25, 0.3) is 0 Å². The van der Waals surface area contributed by atoms with Gasteiger partial charge in [0, 0.05) is 32.1 Å². The first-order valence-corrected chi connectivity index (χ1v) is 9.39. The summed E-state index contributed by atoms with van der Waals surface area (Å²) >= 11 is 5.41. The zero-order valence-electron chi connectivity index (χ0n) is 15.2. The Bertz CT molecular complexity index is 608. The van der Waals surface area contributed by atoms with Crippen LogP contribution in [0.25, 0.3) is 0 Å². The molecule has 1 aliphatic heterocycles. The monoisotopic (exact) mass is 365 g/mol. The van der Waals surface area contributed by atoms with E-state index in [0.717, 1.165) is 18.5 Å². The van der Waals surface area contributed by atoms with E-state index in [9.17, 15) is 9.18 Å². The standard InChI is InChI=1S/C19H28FN3OS/c1-4-21-19(25)23-11-16(14-6-5-7-15(20)10-14)17(12-23)18(24)22-9-8-13(2)3/h5-7,10,13,16-17H,4,8-9,11-12H2,1-3H3,(H,21,25)(H,22,24). The molecule has 1 heterocycles. The largest absolute Gasteiger partial charge is 0.363 e. The maximum absolute atomic E-state index is 13.7. The third-order valence-electron chi connectivity index (χ3n) is 4.57. The number of halogens is 1. The molecule has 0 bridgehead atoms. The summed E-state index contributed by atoms with van der Waals surface area (Å²) in [6, 6.07) is 6.54. The molecule has 6 heteroatoms. The SMILES string of the molecule is CCNC(=S)N1CC(C(=O)NCCC(C)C)C(c2cccc(F)c2)C1. The molecule has 2 rings (SSSR count). The van der Waals surface area contributed by atoms with Crippen LogP contribution in [-0.2, 0) is 4.79 Å². The second-order valence-electron chi connectivity index (χ2n) is 6.98. The second-order valence-corrected chi connectivity index (χ2v) is 7.37. The molecule has 25 heavy (non-hydrogen) atoms. The topological polar surface area (TPSA) is 44.4 Å². The number of likely N-dealkylation sites (tertiary alicyclic amines) is 1. The Morgan fingerprint density at radius 2 is 2.12 bits per heavy atom. The van der Waals surface area contributed by atoms with Crippen molar-refractivity contribution in [3.05, 3.63) is 35.6 Å². The molecule has 2 N–H and O–H groups in total. The van der Waals surface area contributed by atoms with Crippen LogP contribution in [0.1, 0.15) is 38.7 Å². The zero-order valence-corrected chi connectivity index (χ0v) is 16.0. The molecule has 0 radical (unpaired) electrons. The van der Waals surface area contributed by atoms with Crippen molar-refractivity contribution in [2.45, 2.75) is 33.1 Å². The van der Waals surface area contributed by atoms with Crippen LogP contribution in [-0.4, -0.2) is 42.1 Å². The van der Waals surface area contributed by atoms with Crippen LogP contribution < -0.4 is 10.6 Å². The van der Waals surface area contributed by atoms with E-state index < -0.39 is 0 Å². The molecule has 4 nitrogen and oxygen atoms in total. The summed E-state index contributed by atoms with van der Waals surface area (Å²) in [5.74, 6) is -0.00136. The number of carbonyl (C=O) groups excluding carboxylic acids is 1. The van der Waals surface area contributed by atoms with Crippen molar-refractivity contribution < 1.29 is 9.18 Å². The van der Waals surface area contributed by atoms with Gasteiger partial charge in [-0.15, -0.1) is 0 Å². The van der Waals surface area contributed by atoms with Crippen molar-refractivity contribution >= 4 is 23.2 Å². The third-order valence-corrected chi connectivity index (χ3v) is 4.97. The summed E-state index contributed by atoms with van der Waals surface area (Å²) < 4.78 is 13.7. The molecule has 1 fully saturated rings. The van der Waals surface area contributed by atoms with Crippen LogP contribution in [0.15, 0.2) is 24.3 Å². The van der Waals surface area contributed by atoms with Crippen molar-refractivity contribution in [3.63, 3.8) is 0 Å². The highest BCUT2D eigenvalue weighted by molar-refractivity contribution is 7.80. The minimum atomic E-state index is -0.274. The Kier molecular flexibility index (Phi) is 7.17. The van der Waals surface area contributed by atoms with Gasteiger partial charge in [-0.25, -0.2) is 4.39 Å². The van der Waals surface area contributed by atoms with Gasteiger partial charge in [0.05, 0.1) is 5.92 Å². The molecule has 1 aromatic carbocycles. The van der Waals surface area contributed by atoms with E-state index in [1.165, 1.54) is 12.1 Å². The number of amides is 1. The van der Waals surface area contributed by atoms with E-state index >= 15 is 0 Å². The van der Waals surface area contributed by atoms with Crippen molar-refractivity contribution in [3.8, 4) is 0 Å². The Morgan fingerprint density at radius 1 is 1.36 bits per heavy atom. The molecule has 0 aromatic heterocycles. The number of thiocarbonyl (C=S) groups is 1. The van der Waals surface area contributed by atoms with Crippen LogP contribution in [0.5, 0.6) is 0 Å². The molecule has 0 spiro atoms. The summed E-state index contributed by atoms with van der Waals surface area (Å²) in [5, 5.41) is 6.83. The molecule has 0 saturated carbocycles. The lowest BCUT2D eigenvalue weighted by molar-refractivity contribution is -0.124. The highest BCUT2D eigenvalue weighted by Gasteiger charge is 2.39. The van der Waals surface area contributed by atoms with Gasteiger partial charge in [0.15, 0.2) is 5.11 Å². The number of nitrogens with one attached hydrogen (secondary N) is 2.